The first-order chi connectivity index (χ1) is 7.76. The van der Waals surface area contributed by atoms with E-state index in [0.717, 1.165) is 6.20 Å². The lowest BCUT2D eigenvalue weighted by Gasteiger charge is -2.12. The summed E-state index contributed by atoms with van der Waals surface area (Å²) >= 11 is 1.53. The van der Waals surface area contributed by atoms with Crippen LogP contribution in [0.2, 0.25) is 0 Å². The zero-order chi connectivity index (χ0) is 13.2. The van der Waals surface area contributed by atoms with Gasteiger partial charge in [-0.3, -0.25) is 10.1 Å². The van der Waals surface area contributed by atoms with Crippen LogP contribution in [-0.2, 0) is 6.54 Å². The summed E-state index contributed by atoms with van der Waals surface area (Å²) in [6.45, 7) is -0.458. The molecule has 0 saturated heterocycles. The molecule has 1 aromatic rings. The molecule has 2 N–H and O–H groups in total. The molecule has 0 spiro atoms. The van der Waals surface area contributed by atoms with Gasteiger partial charge in [0.2, 0.25) is 0 Å². The molecule has 0 bridgehead atoms. The first kappa shape index (κ1) is 13.9. The van der Waals surface area contributed by atoms with E-state index in [0.29, 0.717) is 0 Å². The Hall–Kier alpha value is -1.17. The summed E-state index contributed by atoms with van der Waals surface area (Å²) in [5.41, 5.74) is 4.28. The molecule has 94 valence electrons. The maximum absolute atomic E-state index is 12.0. The molecular formula is C7H5F3IN3O3. The molecule has 0 aliphatic rings. The van der Waals surface area contributed by atoms with Gasteiger partial charge in [0.1, 0.15) is 0 Å². The van der Waals surface area contributed by atoms with E-state index in [4.69, 9.17) is 5.73 Å². The number of hydrogen-bond acceptors (Lipinski definition) is 5. The third-order valence-corrected chi connectivity index (χ3v) is 2.48. The number of pyridine rings is 1. The van der Waals surface area contributed by atoms with Gasteiger partial charge in [-0.05, 0) is 22.6 Å². The van der Waals surface area contributed by atoms with Crippen LogP contribution in [0.15, 0.2) is 6.20 Å². The Kier molecular flexibility index (Phi) is 4.08. The first-order valence-electron chi connectivity index (χ1n) is 4.04. The van der Waals surface area contributed by atoms with Gasteiger partial charge in [-0.25, -0.2) is 4.98 Å². The molecule has 0 radical (unpaired) electrons. The fourth-order valence-electron chi connectivity index (χ4n) is 1.09. The van der Waals surface area contributed by atoms with Crippen LogP contribution in [0.4, 0.5) is 18.9 Å². The second kappa shape index (κ2) is 5.00. The number of rotatable bonds is 3. The fourth-order valence-corrected chi connectivity index (χ4v) is 1.75. The molecule has 1 aromatic heterocycles. The van der Waals surface area contributed by atoms with Gasteiger partial charge >= 0.3 is 12.0 Å². The van der Waals surface area contributed by atoms with Crippen LogP contribution in [0.25, 0.3) is 0 Å². The number of nitrogens with zero attached hydrogens (tertiary/aromatic N) is 2. The van der Waals surface area contributed by atoms with Gasteiger partial charge in [0.05, 0.1) is 16.7 Å². The van der Waals surface area contributed by atoms with Crippen LogP contribution in [0.5, 0.6) is 5.75 Å². The Morgan fingerprint density at radius 2 is 2.18 bits per heavy atom. The molecule has 0 atom stereocenters. The predicted molar refractivity (Wildman–Crippen MR) is 58.2 cm³/mol. The lowest BCUT2D eigenvalue weighted by molar-refractivity contribution is -0.387. The molecule has 0 unspecified atom stereocenters. The highest BCUT2D eigenvalue weighted by atomic mass is 127. The van der Waals surface area contributed by atoms with Crippen LogP contribution in [0.1, 0.15) is 5.56 Å². The molecule has 0 fully saturated rings. The van der Waals surface area contributed by atoms with Crippen molar-refractivity contribution in [3.05, 3.63) is 25.6 Å². The highest BCUT2D eigenvalue weighted by Gasteiger charge is 2.34. The molecule has 17 heavy (non-hydrogen) atoms. The van der Waals surface area contributed by atoms with Gasteiger partial charge in [-0.2, -0.15) is 0 Å². The van der Waals surface area contributed by atoms with Crippen molar-refractivity contribution >= 4 is 28.3 Å². The molecule has 0 amide bonds. The number of nitrogens with two attached hydrogens (primary N) is 1. The number of halogens is 4. The number of nitro groups is 1. The van der Waals surface area contributed by atoms with Crippen LogP contribution in [-0.4, -0.2) is 16.3 Å². The Morgan fingerprint density at radius 3 is 2.59 bits per heavy atom. The normalized spacial score (nSPS) is 11.4. The molecule has 0 aliphatic carbocycles. The average molecular weight is 363 g/mol. The summed E-state index contributed by atoms with van der Waals surface area (Å²) < 4.78 is 39.7. The monoisotopic (exact) mass is 363 g/mol. The van der Waals surface area contributed by atoms with Crippen molar-refractivity contribution in [3.63, 3.8) is 0 Å². The zero-order valence-electron chi connectivity index (χ0n) is 7.99. The summed E-state index contributed by atoms with van der Waals surface area (Å²) in [5, 5.41) is 10.7. The van der Waals surface area contributed by atoms with Crippen LogP contribution in [0, 0.1) is 13.8 Å². The van der Waals surface area contributed by atoms with E-state index in [1.807, 2.05) is 0 Å². The number of ether oxygens (including phenoxy) is 1. The minimum absolute atomic E-state index is 0.0532. The van der Waals surface area contributed by atoms with E-state index in [-0.39, 0.29) is 9.26 Å². The van der Waals surface area contributed by atoms with Gasteiger partial charge < -0.3 is 10.5 Å². The van der Waals surface area contributed by atoms with E-state index in [9.17, 15) is 23.3 Å². The lowest BCUT2D eigenvalue weighted by Crippen LogP contribution is -2.20. The van der Waals surface area contributed by atoms with Gasteiger partial charge in [0, 0.05) is 6.54 Å². The molecule has 6 nitrogen and oxygen atoms in total. The van der Waals surface area contributed by atoms with Crippen molar-refractivity contribution < 1.29 is 22.8 Å². The summed E-state index contributed by atoms with van der Waals surface area (Å²) in [7, 11) is 0. The van der Waals surface area contributed by atoms with E-state index >= 15 is 0 Å². The highest BCUT2D eigenvalue weighted by molar-refractivity contribution is 14.1. The van der Waals surface area contributed by atoms with Crippen LogP contribution >= 0.6 is 22.6 Å². The smallest absolute Gasteiger partial charge is 0.404 e. The predicted octanol–water partition coefficient (Wildman–Crippen LogP) is 1.95. The number of hydrogen-bond donors (Lipinski definition) is 1. The van der Waals surface area contributed by atoms with E-state index in [1.54, 1.807) is 0 Å². The Labute approximate surface area is 106 Å². The average Bonchev–Trinajstić information content (AvgIpc) is 2.17. The van der Waals surface area contributed by atoms with Gasteiger partial charge in [0.15, 0.2) is 9.45 Å². The topological polar surface area (TPSA) is 91.3 Å². The van der Waals surface area contributed by atoms with Crippen molar-refractivity contribution in [2.45, 2.75) is 12.9 Å². The Bertz CT molecular complexity index is 452. The number of aromatic nitrogens is 1. The molecule has 0 saturated carbocycles. The van der Waals surface area contributed by atoms with Crippen molar-refractivity contribution in [1.29, 1.82) is 0 Å². The van der Waals surface area contributed by atoms with Crippen molar-refractivity contribution in [2.24, 2.45) is 5.73 Å². The van der Waals surface area contributed by atoms with Gasteiger partial charge in [0.25, 0.3) is 0 Å². The SMILES string of the molecule is NCc1c(OC(F)(F)F)cnc(I)c1[N+](=O)[O-]. The van der Waals surface area contributed by atoms with E-state index < -0.39 is 29.3 Å². The summed E-state index contributed by atoms with van der Waals surface area (Å²) in [5.74, 6) is -0.757. The van der Waals surface area contributed by atoms with Crippen LogP contribution < -0.4 is 10.5 Å². The Morgan fingerprint density at radius 1 is 1.59 bits per heavy atom. The second-order valence-electron chi connectivity index (χ2n) is 2.75. The van der Waals surface area contributed by atoms with Crippen LogP contribution in [0.3, 0.4) is 0 Å². The molecule has 1 heterocycles. The summed E-state index contributed by atoms with van der Waals surface area (Å²) in [4.78, 5) is 13.3. The summed E-state index contributed by atoms with van der Waals surface area (Å²) in [6, 6.07) is 0. The maximum Gasteiger partial charge on any atom is 0.573 e. The van der Waals surface area contributed by atoms with Crippen molar-refractivity contribution in [2.75, 3.05) is 0 Å². The molecular weight excluding hydrogens is 358 g/mol. The second-order valence-corrected chi connectivity index (χ2v) is 3.77. The minimum Gasteiger partial charge on any atom is -0.404 e. The molecule has 10 heteroatoms. The lowest BCUT2D eigenvalue weighted by atomic mass is 10.2. The third kappa shape index (κ3) is 3.39. The molecule has 1 rings (SSSR count). The zero-order valence-corrected chi connectivity index (χ0v) is 10.2. The van der Waals surface area contributed by atoms with E-state index in [1.165, 1.54) is 22.6 Å². The first-order valence-corrected chi connectivity index (χ1v) is 5.11. The largest absolute Gasteiger partial charge is 0.573 e. The fraction of sp³-hybridized carbons (Fsp3) is 0.286. The van der Waals surface area contributed by atoms with Crippen molar-refractivity contribution in [3.8, 4) is 5.75 Å². The molecule has 0 aliphatic heterocycles. The van der Waals surface area contributed by atoms with E-state index in [2.05, 4.69) is 9.72 Å². The Balaban J connectivity index is 3.33. The third-order valence-electron chi connectivity index (χ3n) is 1.69. The van der Waals surface area contributed by atoms with Gasteiger partial charge in [-0.15, -0.1) is 13.2 Å². The number of alkyl halides is 3. The van der Waals surface area contributed by atoms with Crippen molar-refractivity contribution in [1.82, 2.24) is 4.98 Å². The summed E-state index contributed by atoms with van der Waals surface area (Å²) in [6.07, 6.45) is -4.20. The highest BCUT2D eigenvalue weighted by Crippen LogP contribution is 2.33. The maximum atomic E-state index is 12.0. The quantitative estimate of drug-likeness (QED) is 0.384. The molecule has 0 aromatic carbocycles. The van der Waals surface area contributed by atoms with Gasteiger partial charge in [-0.1, -0.05) is 0 Å². The standard InChI is InChI=1S/C7H5F3IN3O3/c8-7(9,10)17-4-2-13-6(11)5(14(15)16)3(4)1-12/h2H,1,12H2. The minimum atomic E-state index is -4.95.